The number of ether oxygens (including phenoxy) is 2. The Morgan fingerprint density at radius 2 is 1.79 bits per heavy atom. The average Bonchev–Trinajstić information content (AvgIpc) is 3.14. The van der Waals surface area contributed by atoms with Crippen LogP contribution in [-0.4, -0.2) is 24.2 Å². The summed E-state index contributed by atoms with van der Waals surface area (Å²) in [4.78, 5) is 28.0. The van der Waals surface area contributed by atoms with Crippen molar-refractivity contribution in [1.29, 1.82) is 0 Å². The molecule has 1 fully saturated rings. The molecule has 0 bridgehead atoms. The van der Waals surface area contributed by atoms with E-state index >= 15 is 0 Å². The first-order valence-corrected chi connectivity index (χ1v) is 12.0. The van der Waals surface area contributed by atoms with Gasteiger partial charge in [-0.3, -0.25) is 9.69 Å². The number of amides is 1. The normalized spacial score (nSPS) is 23.2. The molecule has 0 radical (unpaired) electrons. The van der Waals surface area contributed by atoms with Gasteiger partial charge in [0.2, 0.25) is 5.91 Å². The molecule has 2 heterocycles. The number of hydrogen-bond acceptors (Lipinski definition) is 5. The number of hydrogen-bond donors (Lipinski definition) is 0. The van der Waals surface area contributed by atoms with Gasteiger partial charge in [0.25, 0.3) is 0 Å². The van der Waals surface area contributed by atoms with E-state index in [1.807, 2.05) is 32.0 Å². The zero-order chi connectivity index (χ0) is 23.3. The Hall–Kier alpha value is -2.86. The van der Waals surface area contributed by atoms with Gasteiger partial charge >= 0.3 is 5.97 Å². The van der Waals surface area contributed by atoms with E-state index in [4.69, 9.17) is 13.9 Å². The molecule has 0 spiro atoms. The van der Waals surface area contributed by atoms with Crippen molar-refractivity contribution in [3.8, 4) is 0 Å². The highest BCUT2D eigenvalue weighted by Crippen LogP contribution is 2.40. The van der Waals surface area contributed by atoms with E-state index in [2.05, 4.69) is 13.0 Å². The second-order valence-electron chi connectivity index (χ2n) is 9.83. The zero-order valence-electron chi connectivity index (χ0n) is 19.7. The molecule has 1 amide bonds. The molecule has 174 valence electrons. The van der Waals surface area contributed by atoms with Gasteiger partial charge < -0.3 is 13.9 Å². The minimum absolute atomic E-state index is 0.0372. The molecular formula is C27H31NO5. The van der Waals surface area contributed by atoms with Gasteiger partial charge in [-0.05, 0) is 82.2 Å². The first-order chi connectivity index (χ1) is 15.8. The minimum Gasteiger partial charge on any atom is -0.456 e. The minimum atomic E-state index is -0.637. The van der Waals surface area contributed by atoms with Crippen LogP contribution in [-0.2, 0) is 20.9 Å². The third-order valence-corrected chi connectivity index (χ3v) is 6.96. The van der Waals surface area contributed by atoms with Crippen LogP contribution in [0.2, 0.25) is 0 Å². The first-order valence-electron chi connectivity index (χ1n) is 12.0. The zero-order valence-corrected chi connectivity index (χ0v) is 19.7. The molecule has 2 aromatic carbocycles. The van der Waals surface area contributed by atoms with Gasteiger partial charge in [-0.15, -0.1) is 0 Å². The Kier molecular flexibility index (Phi) is 5.65. The summed E-state index contributed by atoms with van der Waals surface area (Å²) in [6, 6.07) is 9.62. The van der Waals surface area contributed by atoms with Gasteiger partial charge in [0, 0.05) is 16.7 Å². The van der Waals surface area contributed by atoms with Gasteiger partial charge in [-0.25, -0.2) is 4.79 Å². The van der Waals surface area contributed by atoms with Gasteiger partial charge in [0.1, 0.15) is 11.2 Å². The molecule has 33 heavy (non-hydrogen) atoms. The number of anilines is 1. The number of cyclic esters (lactones) is 1. The van der Waals surface area contributed by atoms with E-state index in [-0.39, 0.29) is 17.9 Å². The molecule has 2 aliphatic rings. The second kappa shape index (κ2) is 8.49. The lowest BCUT2D eigenvalue weighted by atomic mass is 9.82. The topological polar surface area (TPSA) is 69.0 Å². The highest BCUT2D eigenvalue weighted by molar-refractivity contribution is 6.13. The largest absolute Gasteiger partial charge is 0.456 e. The summed E-state index contributed by atoms with van der Waals surface area (Å²) < 4.78 is 17.4. The Bertz CT molecular complexity index is 1220. The van der Waals surface area contributed by atoms with Crippen molar-refractivity contribution in [3.05, 3.63) is 41.5 Å². The Balaban J connectivity index is 1.58. The SMILES string of the molecule is CC1CCC(C(=O)N2c3cc4c(cc3C(=O)OC2C)oc2ccc(COC(C)C)cc24)CC1. The predicted molar refractivity (Wildman–Crippen MR) is 127 cm³/mol. The van der Waals surface area contributed by atoms with E-state index in [0.29, 0.717) is 29.4 Å². The van der Waals surface area contributed by atoms with Crippen LogP contribution >= 0.6 is 0 Å². The van der Waals surface area contributed by atoms with Crippen LogP contribution in [0.15, 0.2) is 34.7 Å². The number of carbonyl (C=O) groups excluding carboxylic acids is 2. The number of carbonyl (C=O) groups is 2. The lowest BCUT2D eigenvalue weighted by Gasteiger charge is -2.37. The molecule has 0 saturated heterocycles. The molecule has 1 aromatic heterocycles. The maximum atomic E-state index is 13.6. The summed E-state index contributed by atoms with van der Waals surface area (Å²) in [6.07, 6.45) is 3.37. The summed E-state index contributed by atoms with van der Waals surface area (Å²) in [5.74, 6) is 0.238. The van der Waals surface area contributed by atoms with E-state index in [9.17, 15) is 9.59 Å². The van der Waals surface area contributed by atoms with Crippen LogP contribution in [0.25, 0.3) is 21.9 Å². The molecule has 5 rings (SSSR count). The van der Waals surface area contributed by atoms with Gasteiger partial charge in [0.15, 0.2) is 6.23 Å². The van der Waals surface area contributed by atoms with Gasteiger partial charge in [-0.1, -0.05) is 13.0 Å². The maximum absolute atomic E-state index is 13.6. The Morgan fingerprint density at radius 3 is 2.52 bits per heavy atom. The maximum Gasteiger partial charge on any atom is 0.342 e. The van der Waals surface area contributed by atoms with Crippen molar-refractivity contribution in [3.63, 3.8) is 0 Å². The molecule has 3 aromatic rings. The van der Waals surface area contributed by atoms with Crippen molar-refractivity contribution in [1.82, 2.24) is 0 Å². The number of rotatable bonds is 4. The highest BCUT2D eigenvalue weighted by Gasteiger charge is 2.38. The monoisotopic (exact) mass is 449 g/mol. The molecule has 6 nitrogen and oxygen atoms in total. The van der Waals surface area contributed by atoms with Crippen LogP contribution in [0.1, 0.15) is 69.3 Å². The number of fused-ring (bicyclic) bond motifs is 4. The molecular weight excluding hydrogens is 418 g/mol. The second-order valence-corrected chi connectivity index (χ2v) is 9.83. The standard InChI is InChI=1S/C27H31NO5/c1-15(2)31-14-18-7-10-24-20(11-18)21-12-23-22(13-25(21)33-24)27(30)32-17(4)28(23)26(29)19-8-5-16(3)6-9-19/h7,10-13,15-17,19H,5-6,8-9,14H2,1-4H3. The lowest BCUT2D eigenvalue weighted by molar-refractivity contribution is -0.125. The van der Waals surface area contributed by atoms with Gasteiger partial charge in [-0.2, -0.15) is 0 Å². The molecule has 1 aliphatic heterocycles. The van der Waals surface area contributed by atoms with Crippen molar-refractivity contribution < 1.29 is 23.5 Å². The molecule has 1 saturated carbocycles. The summed E-state index contributed by atoms with van der Waals surface area (Å²) in [5, 5.41) is 1.83. The van der Waals surface area contributed by atoms with Crippen LogP contribution in [0.3, 0.4) is 0 Å². The summed E-state index contributed by atoms with van der Waals surface area (Å²) in [5.41, 5.74) is 3.38. The van der Waals surface area contributed by atoms with E-state index in [1.165, 1.54) is 0 Å². The number of esters is 1. The number of benzene rings is 2. The summed E-state index contributed by atoms with van der Waals surface area (Å²) >= 11 is 0. The lowest BCUT2D eigenvalue weighted by Crippen LogP contribution is -2.48. The predicted octanol–water partition coefficient (Wildman–Crippen LogP) is 6.19. The van der Waals surface area contributed by atoms with Crippen molar-refractivity contribution in [2.24, 2.45) is 11.8 Å². The fourth-order valence-electron chi connectivity index (χ4n) is 5.04. The van der Waals surface area contributed by atoms with E-state index in [1.54, 1.807) is 17.9 Å². The summed E-state index contributed by atoms with van der Waals surface area (Å²) in [7, 11) is 0. The fraction of sp³-hybridized carbons (Fsp3) is 0.481. The van der Waals surface area contributed by atoms with E-state index < -0.39 is 12.2 Å². The molecule has 1 atom stereocenters. The van der Waals surface area contributed by atoms with E-state index in [0.717, 1.165) is 47.6 Å². The quantitative estimate of drug-likeness (QED) is 0.445. The Morgan fingerprint density at radius 1 is 1.06 bits per heavy atom. The first kappa shape index (κ1) is 22.0. The smallest absolute Gasteiger partial charge is 0.342 e. The summed E-state index contributed by atoms with van der Waals surface area (Å²) in [6.45, 7) is 8.54. The van der Waals surface area contributed by atoms with Crippen LogP contribution in [0, 0.1) is 11.8 Å². The number of nitrogens with zero attached hydrogens (tertiary/aromatic N) is 1. The van der Waals surface area contributed by atoms with Crippen LogP contribution in [0.5, 0.6) is 0 Å². The van der Waals surface area contributed by atoms with Gasteiger partial charge in [0.05, 0.1) is 24.0 Å². The fourth-order valence-corrected chi connectivity index (χ4v) is 5.04. The molecule has 6 heteroatoms. The molecule has 1 aliphatic carbocycles. The van der Waals surface area contributed by atoms with Crippen molar-refractivity contribution in [2.75, 3.05) is 4.90 Å². The van der Waals surface area contributed by atoms with Crippen LogP contribution < -0.4 is 4.90 Å². The third kappa shape index (κ3) is 4.01. The third-order valence-electron chi connectivity index (χ3n) is 6.96. The average molecular weight is 450 g/mol. The molecule has 0 N–H and O–H groups in total. The molecule has 1 unspecified atom stereocenters. The van der Waals surface area contributed by atoms with Crippen molar-refractivity contribution >= 4 is 39.5 Å². The Labute approximate surface area is 193 Å². The highest BCUT2D eigenvalue weighted by atomic mass is 16.6. The number of furan rings is 1. The van der Waals surface area contributed by atoms with Crippen molar-refractivity contribution in [2.45, 2.75) is 72.3 Å². The van der Waals surface area contributed by atoms with Crippen LogP contribution in [0.4, 0.5) is 5.69 Å².